The molecule has 1 saturated heterocycles. The second-order valence-corrected chi connectivity index (χ2v) is 5.08. The van der Waals surface area contributed by atoms with E-state index in [0.717, 1.165) is 5.46 Å². The van der Waals surface area contributed by atoms with Crippen molar-refractivity contribution in [3.8, 4) is 0 Å². The molecule has 1 aromatic rings. The van der Waals surface area contributed by atoms with E-state index >= 15 is 0 Å². The SMILES string of the molecule is CC1(C)OB(c2c#cc(N)cc2)OC1(C)C. The van der Waals surface area contributed by atoms with Crippen LogP contribution in [0.15, 0.2) is 12.1 Å². The average Bonchev–Trinajstić information content (AvgIpc) is 2.37. The average molecular weight is 217 g/mol. The van der Waals surface area contributed by atoms with Gasteiger partial charge in [-0.25, -0.2) is 0 Å². The highest BCUT2D eigenvalue weighted by Crippen LogP contribution is 2.36. The van der Waals surface area contributed by atoms with Crippen molar-refractivity contribution in [3.63, 3.8) is 0 Å². The van der Waals surface area contributed by atoms with E-state index in [0.29, 0.717) is 5.69 Å². The van der Waals surface area contributed by atoms with Gasteiger partial charge in [0.2, 0.25) is 0 Å². The maximum atomic E-state index is 5.88. The predicted molar refractivity (Wildman–Crippen MR) is 64.2 cm³/mol. The van der Waals surface area contributed by atoms with E-state index in [1.165, 1.54) is 0 Å². The minimum absolute atomic E-state index is 0.326. The zero-order valence-corrected chi connectivity index (χ0v) is 10.1. The first-order chi connectivity index (χ1) is 7.32. The Labute approximate surface area is 97.1 Å². The van der Waals surface area contributed by atoms with E-state index in [1.54, 1.807) is 6.07 Å². The Hall–Kier alpha value is -1.18. The van der Waals surface area contributed by atoms with Crippen molar-refractivity contribution in [2.75, 3.05) is 5.73 Å². The summed E-state index contributed by atoms with van der Waals surface area (Å²) < 4.78 is 11.8. The molecule has 84 valence electrons. The molecule has 0 bridgehead atoms. The van der Waals surface area contributed by atoms with E-state index in [9.17, 15) is 0 Å². The predicted octanol–water partition coefficient (Wildman–Crippen LogP) is 1.17. The van der Waals surface area contributed by atoms with Gasteiger partial charge in [-0.3, -0.25) is 0 Å². The summed E-state index contributed by atoms with van der Waals surface area (Å²) >= 11 is 0. The van der Waals surface area contributed by atoms with Crippen LogP contribution in [-0.4, -0.2) is 18.3 Å². The van der Waals surface area contributed by atoms with Gasteiger partial charge in [-0.1, -0.05) is 12.1 Å². The lowest BCUT2D eigenvalue weighted by Gasteiger charge is -2.32. The summed E-state index contributed by atoms with van der Waals surface area (Å²) in [6, 6.07) is 9.41. The number of hydrogen-bond donors (Lipinski definition) is 1. The molecule has 1 heterocycles. The molecule has 3 nitrogen and oxygen atoms in total. The molecule has 1 aromatic carbocycles. The van der Waals surface area contributed by atoms with Gasteiger partial charge < -0.3 is 15.0 Å². The maximum Gasteiger partial charge on any atom is 0.503 e. The van der Waals surface area contributed by atoms with Crippen LogP contribution < -0.4 is 11.2 Å². The smallest absolute Gasteiger partial charge is 0.399 e. The van der Waals surface area contributed by atoms with Gasteiger partial charge >= 0.3 is 7.12 Å². The van der Waals surface area contributed by atoms with Gasteiger partial charge in [-0.15, -0.1) is 0 Å². The number of nitrogens with two attached hydrogens (primary N) is 1. The van der Waals surface area contributed by atoms with E-state index in [-0.39, 0.29) is 18.3 Å². The van der Waals surface area contributed by atoms with Crippen LogP contribution in [0, 0.1) is 12.1 Å². The molecule has 2 N–H and O–H groups in total. The van der Waals surface area contributed by atoms with Gasteiger partial charge in [0.15, 0.2) is 0 Å². The summed E-state index contributed by atoms with van der Waals surface area (Å²) in [5.41, 5.74) is 6.31. The third-order valence-corrected chi connectivity index (χ3v) is 3.30. The van der Waals surface area contributed by atoms with Crippen molar-refractivity contribution in [1.29, 1.82) is 0 Å². The Morgan fingerprint density at radius 1 is 1.06 bits per heavy atom. The van der Waals surface area contributed by atoms with Gasteiger partial charge in [0.25, 0.3) is 0 Å². The third-order valence-electron chi connectivity index (χ3n) is 3.30. The highest BCUT2D eigenvalue weighted by molar-refractivity contribution is 6.61. The zero-order valence-electron chi connectivity index (χ0n) is 10.1. The van der Waals surface area contributed by atoms with Gasteiger partial charge in [0, 0.05) is 5.46 Å². The van der Waals surface area contributed by atoms with Crippen LogP contribution >= 0.6 is 0 Å². The standard InChI is InChI=1S/C12H16BNO2/c1-11(2)12(3,4)16-13(15-11)9-5-7-10(14)8-6-9/h5,7H,14H2,1-4H3. The first-order valence-electron chi connectivity index (χ1n) is 5.37. The molecule has 0 aliphatic carbocycles. The van der Waals surface area contributed by atoms with Crippen LogP contribution in [-0.2, 0) is 9.31 Å². The summed E-state index contributed by atoms with van der Waals surface area (Å²) in [7, 11) is -0.387. The minimum Gasteiger partial charge on any atom is -0.399 e. The van der Waals surface area contributed by atoms with Crippen molar-refractivity contribution < 1.29 is 9.31 Å². The zero-order chi connectivity index (χ0) is 12.0. The van der Waals surface area contributed by atoms with Gasteiger partial charge in [-0.05, 0) is 39.8 Å². The van der Waals surface area contributed by atoms with E-state index < -0.39 is 0 Å². The Morgan fingerprint density at radius 2 is 1.62 bits per heavy atom. The molecule has 0 spiro atoms. The lowest BCUT2D eigenvalue weighted by Crippen LogP contribution is -2.41. The Morgan fingerprint density at radius 3 is 2.06 bits per heavy atom. The van der Waals surface area contributed by atoms with Crippen LogP contribution in [0.2, 0.25) is 0 Å². The molecule has 4 heteroatoms. The molecule has 0 radical (unpaired) electrons. The largest absolute Gasteiger partial charge is 0.503 e. The molecule has 0 unspecified atom stereocenters. The molecule has 1 aliphatic rings. The maximum absolute atomic E-state index is 5.88. The molecule has 0 aromatic heterocycles. The van der Waals surface area contributed by atoms with Crippen LogP contribution in [0.1, 0.15) is 27.7 Å². The molecule has 0 saturated carbocycles. The fourth-order valence-electron chi connectivity index (χ4n) is 1.51. The van der Waals surface area contributed by atoms with E-state index in [2.05, 4.69) is 12.1 Å². The number of anilines is 1. The van der Waals surface area contributed by atoms with Crippen molar-refractivity contribution in [1.82, 2.24) is 0 Å². The highest BCUT2D eigenvalue weighted by atomic mass is 16.7. The topological polar surface area (TPSA) is 44.5 Å². The molecule has 0 atom stereocenters. The normalized spacial score (nSPS) is 21.9. The summed E-state index contributed by atoms with van der Waals surface area (Å²) in [5.74, 6) is 0. The quantitative estimate of drug-likeness (QED) is 0.718. The fraction of sp³-hybridized carbons (Fsp3) is 0.500. The highest BCUT2D eigenvalue weighted by Gasteiger charge is 2.51. The first kappa shape index (κ1) is 11.3. The van der Waals surface area contributed by atoms with Crippen molar-refractivity contribution in [3.05, 3.63) is 24.3 Å². The lowest BCUT2D eigenvalue weighted by molar-refractivity contribution is 0.00578. The molecular weight excluding hydrogens is 201 g/mol. The van der Waals surface area contributed by atoms with E-state index in [1.807, 2.05) is 33.8 Å². The van der Waals surface area contributed by atoms with Crippen molar-refractivity contribution in [2.45, 2.75) is 38.9 Å². The van der Waals surface area contributed by atoms with Crippen LogP contribution in [0.5, 0.6) is 0 Å². The second-order valence-electron chi connectivity index (χ2n) is 5.08. The van der Waals surface area contributed by atoms with Gasteiger partial charge in [0.1, 0.15) is 0 Å². The molecule has 1 fully saturated rings. The van der Waals surface area contributed by atoms with Crippen molar-refractivity contribution >= 4 is 18.3 Å². The Kier molecular flexibility index (Phi) is 2.41. The molecule has 0 amide bonds. The van der Waals surface area contributed by atoms with Crippen LogP contribution in [0.3, 0.4) is 0 Å². The summed E-state index contributed by atoms with van der Waals surface area (Å²) in [6.45, 7) is 8.09. The summed E-state index contributed by atoms with van der Waals surface area (Å²) in [4.78, 5) is 0. The van der Waals surface area contributed by atoms with Gasteiger partial charge in [-0.2, -0.15) is 0 Å². The summed E-state index contributed by atoms with van der Waals surface area (Å²) in [6.07, 6.45) is 0. The number of nitrogen functional groups attached to an aromatic ring is 1. The molecule has 1 aliphatic heterocycles. The Bertz CT molecular complexity index is 371. The Balaban J connectivity index is 2.23. The monoisotopic (exact) mass is 217 g/mol. The number of hydrogen-bond acceptors (Lipinski definition) is 3. The van der Waals surface area contributed by atoms with E-state index in [4.69, 9.17) is 15.0 Å². The summed E-state index contributed by atoms with van der Waals surface area (Å²) in [5, 5.41) is 0. The first-order valence-corrected chi connectivity index (χ1v) is 5.37. The van der Waals surface area contributed by atoms with Crippen molar-refractivity contribution in [2.24, 2.45) is 0 Å². The third kappa shape index (κ3) is 1.77. The van der Waals surface area contributed by atoms with Crippen LogP contribution in [0.4, 0.5) is 5.69 Å². The fourth-order valence-corrected chi connectivity index (χ4v) is 1.51. The van der Waals surface area contributed by atoms with Crippen LogP contribution in [0.25, 0.3) is 0 Å². The van der Waals surface area contributed by atoms with Gasteiger partial charge in [0.05, 0.1) is 16.9 Å². The molecular formula is C12H16BNO2. The lowest BCUT2D eigenvalue weighted by atomic mass is 9.80. The number of rotatable bonds is 1. The molecule has 2 rings (SSSR count). The second kappa shape index (κ2) is 3.41. The molecule has 16 heavy (non-hydrogen) atoms. The minimum atomic E-state index is -0.387.